The third-order valence-corrected chi connectivity index (χ3v) is 3.79. The number of para-hydroxylation sites is 1. The fourth-order valence-electron chi connectivity index (χ4n) is 2.47. The maximum Gasteiger partial charge on any atom is 0.255 e. The van der Waals surface area contributed by atoms with E-state index in [2.05, 4.69) is 15.3 Å². The lowest BCUT2D eigenvalue weighted by Gasteiger charge is -2.09. The number of ether oxygens (including phenoxy) is 1. The number of rotatable bonds is 6. The molecule has 0 unspecified atom stereocenters. The minimum Gasteiger partial charge on any atom is -0.496 e. The Balaban J connectivity index is 1.56. The molecule has 1 aromatic heterocycles. The van der Waals surface area contributed by atoms with Crippen LogP contribution in [0.25, 0.3) is 11.4 Å². The topological polar surface area (TPSA) is 64.1 Å². The van der Waals surface area contributed by atoms with Crippen LogP contribution in [0.3, 0.4) is 0 Å². The van der Waals surface area contributed by atoms with Crippen LogP contribution in [-0.2, 0) is 6.42 Å². The van der Waals surface area contributed by atoms with Crippen molar-refractivity contribution in [2.24, 2.45) is 0 Å². The Morgan fingerprint density at radius 2 is 1.68 bits per heavy atom. The average Bonchev–Trinajstić information content (AvgIpc) is 2.69. The summed E-state index contributed by atoms with van der Waals surface area (Å²) < 4.78 is 5.21. The standard InChI is InChI=1S/C20H19N3O2/c1-25-18-10-6-5-9-17(18)20(24)21-12-11-15-13-22-19(23-14-15)16-7-3-2-4-8-16/h2-10,13-14H,11-12H2,1H3,(H,21,24). The van der Waals surface area contributed by atoms with Gasteiger partial charge in [-0.2, -0.15) is 0 Å². The van der Waals surface area contributed by atoms with Crippen molar-refractivity contribution in [3.8, 4) is 17.1 Å². The van der Waals surface area contributed by atoms with Crippen molar-refractivity contribution in [3.63, 3.8) is 0 Å². The average molecular weight is 333 g/mol. The first-order valence-electron chi connectivity index (χ1n) is 8.05. The molecule has 25 heavy (non-hydrogen) atoms. The van der Waals surface area contributed by atoms with E-state index in [1.807, 2.05) is 42.5 Å². The van der Waals surface area contributed by atoms with Crippen molar-refractivity contribution >= 4 is 5.91 Å². The van der Waals surface area contributed by atoms with Crippen LogP contribution >= 0.6 is 0 Å². The molecule has 0 aliphatic rings. The van der Waals surface area contributed by atoms with Gasteiger partial charge in [0.25, 0.3) is 5.91 Å². The summed E-state index contributed by atoms with van der Waals surface area (Å²) in [6, 6.07) is 17.0. The highest BCUT2D eigenvalue weighted by atomic mass is 16.5. The third kappa shape index (κ3) is 4.20. The Bertz CT molecular complexity index is 833. The van der Waals surface area contributed by atoms with Crippen LogP contribution in [0.2, 0.25) is 0 Å². The van der Waals surface area contributed by atoms with Crippen molar-refractivity contribution in [1.29, 1.82) is 0 Å². The van der Waals surface area contributed by atoms with E-state index in [9.17, 15) is 4.79 Å². The number of benzene rings is 2. The number of carbonyl (C=O) groups excluding carboxylic acids is 1. The fourth-order valence-corrected chi connectivity index (χ4v) is 2.47. The summed E-state index contributed by atoms with van der Waals surface area (Å²) in [5.41, 5.74) is 2.49. The molecule has 0 spiro atoms. The fraction of sp³-hybridized carbons (Fsp3) is 0.150. The number of methoxy groups -OCH3 is 1. The first-order valence-corrected chi connectivity index (χ1v) is 8.05. The van der Waals surface area contributed by atoms with Crippen LogP contribution in [0.4, 0.5) is 0 Å². The monoisotopic (exact) mass is 333 g/mol. The largest absolute Gasteiger partial charge is 0.496 e. The zero-order chi connectivity index (χ0) is 17.5. The molecule has 0 saturated heterocycles. The normalized spacial score (nSPS) is 10.3. The Hall–Kier alpha value is -3.21. The van der Waals surface area contributed by atoms with Gasteiger partial charge >= 0.3 is 0 Å². The van der Waals surface area contributed by atoms with Crippen molar-refractivity contribution in [2.45, 2.75) is 6.42 Å². The summed E-state index contributed by atoms with van der Waals surface area (Å²) in [6.45, 7) is 0.505. The molecule has 0 aliphatic heterocycles. The summed E-state index contributed by atoms with van der Waals surface area (Å²) in [7, 11) is 1.55. The van der Waals surface area contributed by atoms with Gasteiger partial charge < -0.3 is 10.1 Å². The summed E-state index contributed by atoms with van der Waals surface area (Å²) >= 11 is 0. The number of aromatic nitrogens is 2. The maximum atomic E-state index is 12.2. The van der Waals surface area contributed by atoms with Gasteiger partial charge in [0.2, 0.25) is 0 Å². The van der Waals surface area contributed by atoms with Gasteiger partial charge in [0.05, 0.1) is 12.7 Å². The Kier molecular flexibility index (Phi) is 5.36. The highest BCUT2D eigenvalue weighted by molar-refractivity contribution is 5.96. The molecule has 0 aliphatic carbocycles. The van der Waals surface area contributed by atoms with Gasteiger partial charge in [-0.1, -0.05) is 42.5 Å². The van der Waals surface area contributed by atoms with Crippen molar-refractivity contribution < 1.29 is 9.53 Å². The summed E-state index contributed by atoms with van der Waals surface area (Å²) in [5.74, 6) is 1.11. The number of carbonyl (C=O) groups is 1. The Morgan fingerprint density at radius 3 is 2.40 bits per heavy atom. The van der Waals surface area contributed by atoms with Gasteiger partial charge in [0.15, 0.2) is 5.82 Å². The van der Waals surface area contributed by atoms with Crippen LogP contribution < -0.4 is 10.1 Å². The molecule has 0 saturated carbocycles. The number of hydrogen-bond donors (Lipinski definition) is 1. The zero-order valence-electron chi connectivity index (χ0n) is 14.0. The number of nitrogens with zero attached hydrogens (tertiary/aromatic N) is 2. The van der Waals surface area contributed by atoms with E-state index in [1.165, 1.54) is 0 Å². The Labute approximate surface area is 146 Å². The smallest absolute Gasteiger partial charge is 0.255 e. The lowest BCUT2D eigenvalue weighted by Crippen LogP contribution is -2.26. The van der Waals surface area contributed by atoms with E-state index in [-0.39, 0.29) is 5.91 Å². The molecule has 0 bridgehead atoms. The molecule has 3 aromatic rings. The highest BCUT2D eigenvalue weighted by Gasteiger charge is 2.10. The summed E-state index contributed by atoms with van der Waals surface area (Å²) in [6.07, 6.45) is 4.26. The van der Waals surface area contributed by atoms with Gasteiger partial charge in [0, 0.05) is 24.5 Å². The molecule has 1 heterocycles. The second-order valence-electron chi connectivity index (χ2n) is 5.49. The molecule has 5 nitrogen and oxygen atoms in total. The second-order valence-corrected chi connectivity index (χ2v) is 5.49. The second kappa shape index (κ2) is 8.06. The van der Waals surface area contributed by atoms with Gasteiger partial charge in [-0.3, -0.25) is 4.79 Å². The van der Waals surface area contributed by atoms with Gasteiger partial charge in [-0.15, -0.1) is 0 Å². The number of hydrogen-bond acceptors (Lipinski definition) is 4. The van der Waals surface area contributed by atoms with Crippen LogP contribution in [-0.4, -0.2) is 29.5 Å². The molecule has 2 aromatic carbocycles. The SMILES string of the molecule is COc1ccccc1C(=O)NCCc1cnc(-c2ccccc2)nc1. The van der Waals surface area contributed by atoms with Gasteiger partial charge in [-0.05, 0) is 24.1 Å². The molecule has 0 fully saturated rings. The summed E-state index contributed by atoms with van der Waals surface area (Å²) in [5, 5.41) is 2.89. The van der Waals surface area contributed by atoms with Crippen LogP contribution in [0.15, 0.2) is 67.0 Å². The summed E-state index contributed by atoms with van der Waals surface area (Å²) in [4.78, 5) is 21.0. The molecular weight excluding hydrogens is 314 g/mol. The third-order valence-electron chi connectivity index (χ3n) is 3.79. The first-order chi connectivity index (χ1) is 12.3. The Morgan fingerprint density at radius 1 is 1.00 bits per heavy atom. The zero-order valence-corrected chi connectivity index (χ0v) is 14.0. The number of amides is 1. The van der Waals surface area contributed by atoms with E-state index >= 15 is 0 Å². The molecule has 3 rings (SSSR count). The lowest BCUT2D eigenvalue weighted by atomic mass is 10.1. The van der Waals surface area contributed by atoms with Gasteiger partial charge in [0.1, 0.15) is 5.75 Å². The van der Waals surface area contributed by atoms with E-state index in [0.717, 1.165) is 11.1 Å². The van der Waals surface area contributed by atoms with Crippen molar-refractivity contribution in [1.82, 2.24) is 15.3 Å². The van der Waals surface area contributed by atoms with Crippen LogP contribution in [0, 0.1) is 0 Å². The molecule has 126 valence electrons. The first kappa shape index (κ1) is 16.6. The van der Waals surface area contributed by atoms with E-state index in [4.69, 9.17) is 4.74 Å². The van der Waals surface area contributed by atoms with Crippen LogP contribution in [0.1, 0.15) is 15.9 Å². The quantitative estimate of drug-likeness (QED) is 0.753. The van der Waals surface area contributed by atoms with Crippen LogP contribution in [0.5, 0.6) is 5.75 Å². The maximum absolute atomic E-state index is 12.2. The van der Waals surface area contributed by atoms with E-state index < -0.39 is 0 Å². The minimum atomic E-state index is -0.153. The molecule has 0 atom stereocenters. The predicted octanol–water partition coefficient (Wildman–Crippen LogP) is 3.12. The lowest BCUT2D eigenvalue weighted by molar-refractivity contribution is 0.0951. The molecule has 1 amide bonds. The molecule has 5 heteroatoms. The van der Waals surface area contributed by atoms with Crippen molar-refractivity contribution in [3.05, 3.63) is 78.1 Å². The number of nitrogens with one attached hydrogen (secondary N) is 1. The minimum absolute atomic E-state index is 0.153. The highest BCUT2D eigenvalue weighted by Crippen LogP contribution is 2.17. The predicted molar refractivity (Wildman–Crippen MR) is 96.5 cm³/mol. The molecule has 0 radical (unpaired) electrons. The molecule has 1 N–H and O–H groups in total. The van der Waals surface area contributed by atoms with Crippen molar-refractivity contribution in [2.75, 3.05) is 13.7 Å². The molecular formula is C20H19N3O2. The van der Waals surface area contributed by atoms with E-state index in [0.29, 0.717) is 30.1 Å². The van der Waals surface area contributed by atoms with Gasteiger partial charge in [-0.25, -0.2) is 9.97 Å². The van der Waals surface area contributed by atoms with E-state index in [1.54, 1.807) is 31.6 Å².